The Kier molecular flexibility index (Phi) is 7.23. The number of piperidine rings is 1. The molecule has 0 aromatic heterocycles. The van der Waals surface area contributed by atoms with Crippen molar-refractivity contribution in [2.45, 2.75) is 37.8 Å². The van der Waals surface area contributed by atoms with Crippen LogP contribution in [0.2, 0.25) is 0 Å². The van der Waals surface area contributed by atoms with Gasteiger partial charge in [0.2, 0.25) is 11.8 Å². The summed E-state index contributed by atoms with van der Waals surface area (Å²) in [5.74, 6) is 0.426. The first-order valence-electron chi connectivity index (χ1n) is 12.8. The van der Waals surface area contributed by atoms with Crippen LogP contribution in [-0.2, 0) is 19.1 Å². The molecular formula is C28H33N3O5. The summed E-state index contributed by atoms with van der Waals surface area (Å²) in [6.07, 6.45) is 2.16. The van der Waals surface area contributed by atoms with E-state index < -0.39 is 6.04 Å². The van der Waals surface area contributed by atoms with Crippen LogP contribution in [0.15, 0.2) is 54.6 Å². The van der Waals surface area contributed by atoms with Gasteiger partial charge in [0.05, 0.1) is 19.1 Å². The zero-order valence-corrected chi connectivity index (χ0v) is 20.7. The number of hydrogen-bond donors (Lipinski definition) is 0. The van der Waals surface area contributed by atoms with Crippen molar-refractivity contribution in [1.29, 1.82) is 0 Å². The first kappa shape index (κ1) is 24.3. The molecule has 3 amide bonds. The van der Waals surface area contributed by atoms with Gasteiger partial charge < -0.3 is 24.2 Å². The molecule has 0 saturated carbocycles. The molecule has 8 heteroatoms. The van der Waals surface area contributed by atoms with Gasteiger partial charge in [0.25, 0.3) is 5.91 Å². The zero-order chi connectivity index (χ0) is 25.1. The molecule has 0 bridgehead atoms. The molecule has 0 radical (unpaired) electrons. The van der Waals surface area contributed by atoms with Crippen LogP contribution < -0.4 is 9.64 Å². The van der Waals surface area contributed by atoms with E-state index in [1.54, 1.807) is 12.0 Å². The average molecular weight is 492 g/mol. The molecule has 0 N–H and O–H groups in total. The Morgan fingerprint density at radius 1 is 0.889 bits per heavy atom. The van der Waals surface area contributed by atoms with Crippen LogP contribution in [0.1, 0.15) is 37.3 Å². The molecule has 2 aromatic carbocycles. The number of methoxy groups -OCH3 is 1. The summed E-state index contributed by atoms with van der Waals surface area (Å²) in [5, 5.41) is 0. The number of benzene rings is 2. The summed E-state index contributed by atoms with van der Waals surface area (Å²) in [5.41, 5.74) is 1.69. The predicted molar refractivity (Wildman–Crippen MR) is 135 cm³/mol. The molecule has 3 saturated heterocycles. The number of hydrogen-bond acceptors (Lipinski definition) is 5. The van der Waals surface area contributed by atoms with Crippen LogP contribution >= 0.6 is 0 Å². The van der Waals surface area contributed by atoms with Crippen LogP contribution in [-0.4, -0.2) is 73.5 Å². The van der Waals surface area contributed by atoms with Crippen molar-refractivity contribution in [3.05, 3.63) is 60.2 Å². The molecule has 3 aliphatic rings. The van der Waals surface area contributed by atoms with Gasteiger partial charge in [0, 0.05) is 44.9 Å². The maximum atomic E-state index is 13.9. The van der Waals surface area contributed by atoms with Gasteiger partial charge in [-0.05, 0) is 49.1 Å². The second-order valence-corrected chi connectivity index (χ2v) is 9.61. The fraction of sp³-hybridized carbons (Fsp3) is 0.464. The molecule has 0 unspecified atom stereocenters. The van der Waals surface area contributed by atoms with Gasteiger partial charge in [-0.3, -0.25) is 14.4 Å². The van der Waals surface area contributed by atoms with E-state index in [0.29, 0.717) is 51.4 Å². The summed E-state index contributed by atoms with van der Waals surface area (Å²) < 4.78 is 10.9. The van der Waals surface area contributed by atoms with E-state index in [1.165, 1.54) is 0 Å². The number of piperazine rings is 1. The molecule has 3 fully saturated rings. The van der Waals surface area contributed by atoms with Gasteiger partial charge in [-0.1, -0.05) is 30.3 Å². The Morgan fingerprint density at radius 2 is 1.56 bits per heavy atom. The molecule has 5 rings (SSSR count). The summed E-state index contributed by atoms with van der Waals surface area (Å²) >= 11 is 0. The maximum absolute atomic E-state index is 13.9. The highest BCUT2D eigenvalue weighted by Gasteiger charge is 2.43. The average Bonchev–Trinajstić information content (AvgIpc) is 3.48. The third-order valence-corrected chi connectivity index (χ3v) is 7.51. The Balaban J connectivity index is 1.36. The highest BCUT2D eigenvalue weighted by atomic mass is 16.5. The minimum Gasteiger partial charge on any atom is -0.497 e. The van der Waals surface area contributed by atoms with Crippen LogP contribution in [0.25, 0.3) is 0 Å². The van der Waals surface area contributed by atoms with Gasteiger partial charge in [-0.2, -0.15) is 0 Å². The lowest BCUT2D eigenvalue weighted by molar-refractivity contribution is -0.148. The smallest absolute Gasteiger partial charge is 0.251 e. The van der Waals surface area contributed by atoms with Crippen LogP contribution in [0.5, 0.6) is 5.75 Å². The third kappa shape index (κ3) is 4.82. The number of rotatable bonds is 5. The molecule has 3 aliphatic heterocycles. The normalized spacial score (nSPS) is 24.6. The van der Waals surface area contributed by atoms with Crippen LogP contribution in [0.4, 0.5) is 5.69 Å². The van der Waals surface area contributed by atoms with Crippen LogP contribution in [0, 0.1) is 5.92 Å². The highest BCUT2D eigenvalue weighted by molar-refractivity contribution is 5.97. The topological polar surface area (TPSA) is 79.4 Å². The Labute approximate surface area is 211 Å². The number of nitrogens with zero attached hydrogens (tertiary/aromatic N) is 3. The Hall–Kier alpha value is -3.39. The molecule has 2 aromatic rings. The number of carbonyl (C=O) groups is 3. The number of ether oxygens (including phenoxy) is 2. The lowest BCUT2D eigenvalue weighted by atomic mass is 9.82. The van der Waals surface area contributed by atoms with Crippen molar-refractivity contribution in [3.8, 4) is 5.75 Å². The fourth-order valence-corrected chi connectivity index (χ4v) is 5.59. The van der Waals surface area contributed by atoms with Crippen molar-refractivity contribution in [3.63, 3.8) is 0 Å². The molecular weight excluding hydrogens is 458 g/mol. The summed E-state index contributed by atoms with van der Waals surface area (Å²) in [4.78, 5) is 45.3. The Morgan fingerprint density at radius 3 is 2.17 bits per heavy atom. The van der Waals surface area contributed by atoms with Crippen molar-refractivity contribution in [2.24, 2.45) is 5.92 Å². The summed E-state index contributed by atoms with van der Waals surface area (Å²) in [7, 11) is 1.61. The van der Waals surface area contributed by atoms with E-state index in [2.05, 4.69) is 0 Å². The standard InChI is InChI=1S/C28H33N3O5/c1-35-22-11-9-21(10-12-22)31-25(32)14-13-23(26(31)20-6-3-2-4-7-20)27(33)29-15-17-30(18-16-29)28(34)24-8-5-19-36-24/h2-4,6-7,9-12,23-24,26H,5,8,13-19H2,1H3/t23-,24+,26+/m0/s1. The SMILES string of the molecule is COc1ccc(N2C(=O)CC[C@H](C(=O)N3CCN(C(=O)[C@H]4CCCO4)CC3)[C@H]2c2ccccc2)cc1. The molecule has 3 heterocycles. The molecule has 36 heavy (non-hydrogen) atoms. The van der Waals surface area contributed by atoms with E-state index in [1.807, 2.05) is 64.4 Å². The van der Waals surface area contributed by atoms with E-state index >= 15 is 0 Å². The van der Waals surface area contributed by atoms with Gasteiger partial charge >= 0.3 is 0 Å². The summed E-state index contributed by atoms with van der Waals surface area (Å²) in [6, 6.07) is 16.8. The second kappa shape index (κ2) is 10.7. The van der Waals surface area contributed by atoms with Crippen molar-refractivity contribution < 1.29 is 23.9 Å². The maximum Gasteiger partial charge on any atom is 0.251 e. The van der Waals surface area contributed by atoms with E-state index in [-0.39, 0.29) is 29.7 Å². The van der Waals surface area contributed by atoms with Gasteiger partial charge in [0.15, 0.2) is 0 Å². The molecule has 190 valence electrons. The lowest BCUT2D eigenvalue weighted by Gasteiger charge is -2.44. The zero-order valence-electron chi connectivity index (χ0n) is 20.7. The first-order chi connectivity index (χ1) is 17.6. The number of amides is 3. The fourth-order valence-electron chi connectivity index (χ4n) is 5.59. The quantitative estimate of drug-likeness (QED) is 0.643. The van der Waals surface area contributed by atoms with E-state index in [0.717, 1.165) is 24.1 Å². The first-order valence-corrected chi connectivity index (χ1v) is 12.8. The van der Waals surface area contributed by atoms with Gasteiger partial charge in [-0.25, -0.2) is 0 Å². The predicted octanol–water partition coefficient (Wildman–Crippen LogP) is 3.03. The molecule has 8 nitrogen and oxygen atoms in total. The third-order valence-electron chi connectivity index (χ3n) is 7.51. The molecule has 0 aliphatic carbocycles. The van der Waals surface area contributed by atoms with Crippen molar-refractivity contribution in [2.75, 3.05) is 44.8 Å². The monoisotopic (exact) mass is 491 g/mol. The van der Waals surface area contributed by atoms with Gasteiger partial charge in [0.1, 0.15) is 11.9 Å². The lowest BCUT2D eigenvalue weighted by Crippen LogP contribution is -2.56. The minimum absolute atomic E-state index is 0.00468. The van der Waals surface area contributed by atoms with Gasteiger partial charge in [-0.15, -0.1) is 0 Å². The summed E-state index contributed by atoms with van der Waals surface area (Å²) in [6.45, 7) is 2.64. The largest absolute Gasteiger partial charge is 0.497 e. The Bertz CT molecular complexity index is 1080. The minimum atomic E-state index is -0.403. The molecule has 0 spiro atoms. The van der Waals surface area contributed by atoms with Crippen molar-refractivity contribution in [1.82, 2.24) is 9.80 Å². The van der Waals surface area contributed by atoms with Crippen molar-refractivity contribution >= 4 is 23.4 Å². The van der Waals surface area contributed by atoms with E-state index in [4.69, 9.17) is 9.47 Å². The number of carbonyl (C=O) groups excluding carboxylic acids is 3. The second-order valence-electron chi connectivity index (χ2n) is 9.61. The number of anilines is 1. The molecule has 3 atom stereocenters. The van der Waals surface area contributed by atoms with E-state index in [9.17, 15) is 14.4 Å². The van der Waals surface area contributed by atoms with Crippen LogP contribution in [0.3, 0.4) is 0 Å². The highest BCUT2D eigenvalue weighted by Crippen LogP contribution is 2.41.